The van der Waals surface area contributed by atoms with E-state index in [4.69, 9.17) is 13.6 Å². The van der Waals surface area contributed by atoms with Gasteiger partial charge in [-0.05, 0) is 36.4 Å². The van der Waals surface area contributed by atoms with Crippen LogP contribution in [-0.2, 0) is 6.61 Å². The van der Waals surface area contributed by atoms with E-state index in [0.29, 0.717) is 17.2 Å². The van der Waals surface area contributed by atoms with Gasteiger partial charge in [-0.25, -0.2) is 8.78 Å². The van der Waals surface area contributed by atoms with Crippen LogP contribution in [0.3, 0.4) is 0 Å². The zero-order valence-electron chi connectivity index (χ0n) is 13.2. The first-order valence-corrected chi connectivity index (χ1v) is 7.61. The van der Waals surface area contributed by atoms with E-state index in [0.717, 1.165) is 12.1 Å². The van der Waals surface area contributed by atoms with Crippen LogP contribution in [0, 0.1) is 11.6 Å². The van der Waals surface area contributed by atoms with Gasteiger partial charge in [0, 0.05) is 12.3 Å². The normalized spacial score (nSPS) is 10.8. The van der Waals surface area contributed by atoms with Crippen LogP contribution in [0.4, 0.5) is 8.78 Å². The van der Waals surface area contributed by atoms with Crippen LogP contribution in [-0.4, -0.2) is 15.2 Å². The first-order chi connectivity index (χ1) is 12.7. The second kappa shape index (κ2) is 6.75. The van der Waals surface area contributed by atoms with Crippen LogP contribution in [0.5, 0.6) is 5.75 Å². The lowest BCUT2D eigenvalue weighted by atomic mass is 10.3. The Balaban J connectivity index is 1.47. The third-order valence-electron chi connectivity index (χ3n) is 3.45. The summed E-state index contributed by atoms with van der Waals surface area (Å²) in [6.07, 6.45) is 1.62. The minimum Gasteiger partial charge on any atom is -0.483 e. The fraction of sp³-hybridized carbons (Fsp3) is 0.0556. The van der Waals surface area contributed by atoms with Crippen molar-refractivity contribution in [3.8, 4) is 29.0 Å². The molecule has 130 valence electrons. The maximum Gasteiger partial charge on any atom is 0.283 e. The van der Waals surface area contributed by atoms with Crippen LogP contribution in [0.2, 0.25) is 0 Å². The SMILES string of the molecule is Fc1ccc(OCc2ccc(-c3nnc(-c4ccccn4)o3)o2)c(F)c1. The number of hydrogen-bond donors (Lipinski definition) is 0. The summed E-state index contributed by atoms with van der Waals surface area (Å²) in [4.78, 5) is 4.13. The molecule has 0 amide bonds. The Bertz CT molecular complexity index is 1030. The van der Waals surface area contributed by atoms with E-state index >= 15 is 0 Å². The van der Waals surface area contributed by atoms with E-state index in [2.05, 4.69) is 15.2 Å². The molecule has 0 aliphatic rings. The number of furan rings is 1. The molecular formula is C18H11F2N3O3. The van der Waals surface area contributed by atoms with E-state index < -0.39 is 11.6 Å². The molecule has 0 N–H and O–H groups in total. The van der Waals surface area contributed by atoms with Gasteiger partial charge < -0.3 is 13.6 Å². The molecule has 8 heteroatoms. The number of rotatable bonds is 5. The van der Waals surface area contributed by atoms with E-state index in [1.807, 2.05) is 6.07 Å². The highest BCUT2D eigenvalue weighted by Gasteiger charge is 2.15. The molecule has 0 saturated heterocycles. The molecule has 3 aromatic heterocycles. The molecule has 1 aromatic carbocycles. The average Bonchev–Trinajstić information content (AvgIpc) is 3.31. The van der Waals surface area contributed by atoms with Crippen molar-refractivity contribution in [3.05, 3.63) is 72.1 Å². The predicted molar refractivity (Wildman–Crippen MR) is 85.9 cm³/mol. The molecule has 0 saturated carbocycles. The Morgan fingerprint density at radius 1 is 0.923 bits per heavy atom. The highest BCUT2D eigenvalue weighted by Crippen LogP contribution is 2.25. The second-order valence-electron chi connectivity index (χ2n) is 5.26. The van der Waals surface area contributed by atoms with E-state index in [-0.39, 0.29) is 24.1 Å². The molecule has 6 nitrogen and oxygen atoms in total. The Hall–Kier alpha value is -3.55. The minimum absolute atomic E-state index is 0.0379. The quantitative estimate of drug-likeness (QED) is 0.533. The Labute approximate surface area is 146 Å². The number of aromatic nitrogens is 3. The number of pyridine rings is 1. The molecule has 4 rings (SSSR count). The fourth-order valence-electron chi connectivity index (χ4n) is 2.23. The summed E-state index contributed by atoms with van der Waals surface area (Å²) in [7, 11) is 0. The van der Waals surface area contributed by atoms with Crippen LogP contribution >= 0.6 is 0 Å². The standard InChI is InChI=1S/C18H11F2N3O3/c19-11-4-6-15(13(20)9-11)24-10-12-5-7-16(25-12)18-23-22-17(26-18)14-3-1-2-8-21-14/h1-9H,10H2. The van der Waals surface area contributed by atoms with Crippen molar-refractivity contribution in [2.75, 3.05) is 0 Å². The van der Waals surface area contributed by atoms with E-state index in [9.17, 15) is 8.78 Å². The first-order valence-electron chi connectivity index (χ1n) is 7.61. The zero-order chi connectivity index (χ0) is 17.9. The van der Waals surface area contributed by atoms with Crippen molar-refractivity contribution in [2.45, 2.75) is 6.61 Å². The summed E-state index contributed by atoms with van der Waals surface area (Å²) in [6, 6.07) is 11.7. The van der Waals surface area contributed by atoms with Gasteiger partial charge in [-0.15, -0.1) is 10.2 Å². The molecule has 4 aromatic rings. The van der Waals surface area contributed by atoms with Crippen molar-refractivity contribution in [1.82, 2.24) is 15.2 Å². The van der Waals surface area contributed by atoms with Gasteiger partial charge in [0.15, 0.2) is 17.3 Å². The van der Waals surface area contributed by atoms with Gasteiger partial charge >= 0.3 is 0 Å². The lowest BCUT2D eigenvalue weighted by molar-refractivity contribution is 0.258. The molecule has 0 aliphatic carbocycles. The minimum atomic E-state index is -0.784. The molecule has 0 radical (unpaired) electrons. The molecule has 0 aliphatic heterocycles. The third kappa shape index (κ3) is 3.30. The first kappa shape index (κ1) is 15.9. The molecule has 0 unspecified atom stereocenters. The molecule has 0 fully saturated rings. The van der Waals surface area contributed by atoms with Gasteiger partial charge in [-0.3, -0.25) is 4.98 Å². The topological polar surface area (TPSA) is 74.2 Å². The van der Waals surface area contributed by atoms with Crippen molar-refractivity contribution >= 4 is 0 Å². The summed E-state index contributed by atoms with van der Waals surface area (Å²) in [5.74, 6) is -0.310. The molecule has 3 heterocycles. The lowest BCUT2D eigenvalue weighted by Gasteiger charge is -2.05. The summed E-state index contributed by atoms with van der Waals surface area (Å²) in [5.41, 5.74) is 0.549. The summed E-state index contributed by atoms with van der Waals surface area (Å²) < 4.78 is 42.8. The van der Waals surface area contributed by atoms with Gasteiger partial charge in [-0.2, -0.15) is 0 Å². The van der Waals surface area contributed by atoms with Gasteiger partial charge in [0.05, 0.1) is 0 Å². The highest BCUT2D eigenvalue weighted by atomic mass is 19.1. The Morgan fingerprint density at radius 2 is 1.81 bits per heavy atom. The highest BCUT2D eigenvalue weighted by molar-refractivity contribution is 5.50. The van der Waals surface area contributed by atoms with Crippen LogP contribution in [0.25, 0.3) is 23.2 Å². The van der Waals surface area contributed by atoms with Gasteiger partial charge in [0.1, 0.15) is 23.9 Å². The number of nitrogens with zero attached hydrogens (tertiary/aromatic N) is 3. The van der Waals surface area contributed by atoms with Crippen molar-refractivity contribution < 1.29 is 22.4 Å². The van der Waals surface area contributed by atoms with E-state index in [1.165, 1.54) is 6.07 Å². The molecule has 0 spiro atoms. The zero-order valence-corrected chi connectivity index (χ0v) is 13.2. The van der Waals surface area contributed by atoms with Crippen molar-refractivity contribution in [2.24, 2.45) is 0 Å². The van der Waals surface area contributed by atoms with Crippen LogP contribution in [0.15, 0.2) is 63.6 Å². The van der Waals surface area contributed by atoms with E-state index in [1.54, 1.807) is 30.5 Å². The predicted octanol–water partition coefficient (Wildman–Crippen LogP) is 4.25. The van der Waals surface area contributed by atoms with Crippen molar-refractivity contribution in [1.29, 1.82) is 0 Å². The number of ether oxygens (including phenoxy) is 1. The number of hydrogen-bond acceptors (Lipinski definition) is 6. The Kier molecular flexibility index (Phi) is 4.14. The summed E-state index contributed by atoms with van der Waals surface area (Å²) in [6.45, 7) is -0.0379. The number of halogens is 2. The molecule has 26 heavy (non-hydrogen) atoms. The number of benzene rings is 1. The lowest BCUT2D eigenvalue weighted by Crippen LogP contribution is -1.96. The smallest absolute Gasteiger partial charge is 0.283 e. The Morgan fingerprint density at radius 3 is 2.62 bits per heavy atom. The summed E-state index contributed by atoms with van der Waals surface area (Å²) >= 11 is 0. The maximum absolute atomic E-state index is 13.6. The fourth-order valence-corrected chi connectivity index (χ4v) is 2.23. The molecule has 0 bridgehead atoms. The van der Waals surface area contributed by atoms with Gasteiger partial charge in [0.25, 0.3) is 11.8 Å². The largest absolute Gasteiger partial charge is 0.483 e. The second-order valence-corrected chi connectivity index (χ2v) is 5.26. The summed E-state index contributed by atoms with van der Waals surface area (Å²) in [5, 5.41) is 7.86. The maximum atomic E-state index is 13.6. The molecule has 0 atom stereocenters. The third-order valence-corrected chi connectivity index (χ3v) is 3.45. The monoisotopic (exact) mass is 355 g/mol. The van der Waals surface area contributed by atoms with Crippen molar-refractivity contribution in [3.63, 3.8) is 0 Å². The van der Waals surface area contributed by atoms with Gasteiger partial charge in [-0.1, -0.05) is 6.07 Å². The average molecular weight is 355 g/mol. The van der Waals surface area contributed by atoms with Crippen LogP contribution < -0.4 is 4.74 Å². The van der Waals surface area contributed by atoms with Gasteiger partial charge in [0.2, 0.25) is 0 Å². The van der Waals surface area contributed by atoms with Crippen LogP contribution in [0.1, 0.15) is 5.76 Å². The molecular weight excluding hydrogens is 344 g/mol.